The van der Waals surface area contributed by atoms with Gasteiger partial charge in [-0.3, -0.25) is 4.79 Å². The van der Waals surface area contributed by atoms with E-state index in [1.165, 1.54) is 6.42 Å². The van der Waals surface area contributed by atoms with Crippen LogP contribution in [0.3, 0.4) is 0 Å². The molecule has 2 fully saturated rings. The summed E-state index contributed by atoms with van der Waals surface area (Å²) in [7, 11) is 0. The highest BCUT2D eigenvalue weighted by molar-refractivity contribution is 5.80. The second-order valence-corrected chi connectivity index (χ2v) is 4.38. The van der Waals surface area contributed by atoms with E-state index in [0.717, 1.165) is 12.8 Å². The number of rotatable bonds is 1. The van der Waals surface area contributed by atoms with Gasteiger partial charge in [-0.25, -0.2) is 0 Å². The number of nitriles is 1. The molecule has 1 saturated heterocycles. The van der Waals surface area contributed by atoms with Crippen molar-refractivity contribution < 1.29 is 4.79 Å². The lowest BCUT2D eigenvalue weighted by Gasteiger charge is -2.46. The molecule has 0 bridgehead atoms. The molecule has 1 amide bonds. The largest absolute Gasteiger partial charge is 0.336 e. The van der Waals surface area contributed by atoms with Crippen molar-refractivity contribution in [2.24, 2.45) is 5.92 Å². The molecule has 2 rings (SSSR count). The first-order chi connectivity index (χ1) is 6.15. The second-order valence-electron chi connectivity index (χ2n) is 4.38. The Labute approximate surface area is 78.3 Å². The van der Waals surface area contributed by atoms with Crippen molar-refractivity contribution in [2.45, 2.75) is 38.1 Å². The first kappa shape index (κ1) is 8.55. The zero-order chi connectivity index (χ0) is 9.47. The zero-order valence-corrected chi connectivity index (χ0v) is 7.92. The molecule has 0 aromatic carbocycles. The number of likely N-dealkylation sites (tertiary alicyclic amines) is 1. The highest BCUT2D eigenvalue weighted by Gasteiger charge is 2.44. The summed E-state index contributed by atoms with van der Waals surface area (Å²) in [5, 5.41) is 8.73. The molecule has 0 N–H and O–H groups in total. The molecule has 0 spiro atoms. The van der Waals surface area contributed by atoms with Crippen molar-refractivity contribution in [2.75, 3.05) is 6.54 Å². The van der Waals surface area contributed by atoms with Gasteiger partial charge >= 0.3 is 0 Å². The van der Waals surface area contributed by atoms with Crippen LogP contribution in [0, 0.1) is 17.2 Å². The van der Waals surface area contributed by atoms with E-state index < -0.39 is 0 Å². The van der Waals surface area contributed by atoms with Crippen molar-refractivity contribution in [1.82, 2.24) is 4.90 Å². The normalized spacial score (nSPS) is 31.2. The third-order valence-corrected chi connectivity index (χ3v) is 3.39. The molecule has 3 heteroatoms. The standard InChI is InChI=1S/C10H14N2O/c1-10(3-2-4-10)12-7-8(6-11)5-9(12)13/h8H,2-5,7H2,1H3. The van der Waals surface area contributed by atoms with Crippen LogP contribution < -0.4 is 0 Å². The maximum atomic E-state index is 11.6. The topological polar surface area (TPSA) is 44.1 Å². The highest BCUT2D eigenvalue weighted by Crippen LogP contribution is 2.40. The fourth-order valence-electron chi connectivity index (χ4n) is 2.27. The van der Waals surface area contributed by atoms with Crippen LogP contribution in [0.15, 0.2) is 0 Å². The van der Waals surface area contributed by atoms with Gasteiger partial charge in [0.05, 0.1) is 12.0 Å². The van der Waals surface area contributed by atoms with Crippen molar-refractivity contribution in [3.05, 3.63) is 0 Å². The summed E-state index contributed by atoms with van der Waals surface area (Å²) < 4.78 is 0. The average Bonchev–Trinajstić information content (AvgIpc) is 2.43. The van der Waals surface area contributed by atoms with Gasteiger partial charge in [-0.05, 0) is 26.2 Å². The maximum Gasteiger partial charge on any atom is 0.224 e. The number of carbonyl (C=O) groups excluding carboxylic acids is 1. The molecule has 1 heterocycles. The van der Waals surface area contributed by atoms with Gasteiger partial charge in [0.15, 0.2) is 0 Å². The van der Waals surface area contributed by atoms with Crippen molar-refractivity contribution >= 4 is 5.91 Å². The van der Waals surface area contributed by atoms with Crippen LogP contribution >= 0.6 is 0 Å². The Kier molecular flexibility index (Phi) is 1.80. The van der Waals surface area contributed by atoms with Gasteiger partial charge in [0.2, 0.25) is 5.91 Å². The first-order valence-electron chi connectivity index (χ1n) is 4.86. The molecule has 70 valence electrons. The van der Waals surface area contributed by atoms with Crippen LogP contribution in [0.2, 0.25) is 0 Å². The Bertz CT molecular complexity index is 275. The van der Waals surface area contributed by atoms with E-state index in [2.05, 4.69) is 13.0 Å². The van der Waals surface area contributed by atoms with Gasteiger partial charge in [-0.1, -0.05) is 0 Å². The Morgan fingerprint density at radius 3 is 2.69 bits per heavy atom. The van der Waals surface area contributed by atoms with E-state index in [0.29, 0.717) is 13.0 Å². The lowest BCUT2D eigenvalue weighted by Crippen LogP contribution is -2.52. The highest BCUT2D eigenvalue weighted by atomic mass is 16.2. The Morgan fingerprint density at radius 2 is 2.31 bits per heavy atom. The van der Waals surface area contributed by atoms with Crippen LogP contribution in [-0.4, -0.2) is 22.9 Å². The number of nitrogens with zero attached hydrogens (tertiary/aromatic N) is 2. The smallest absolute Gasteiger partial charge is 0.224 e. The minimum absolute atomic E-state index is 0.0649. The van der Waals surface area contributed by atoms with Gasteiger partial charge in [0.1, 0.15) is 0 Å². The SMILES string of the molecule is CC1(N2CC(C#N)CC2=O)CCC1. The molecule has 1 atom stereocenters. The monoisotopic (exact) mass is 178 g/mol. The third kappa shape index (κ3) is 1.21. The van der Waals surface area contributed by atoms with Gasteiger partial charge in [-0.15, -0.1) is 0 Å². The van der Waals surface area contributed by atoms with Crippen LogP contribution in [0.1, 0.15) is 32.6 Å². The minimum atomic E-state index is -0.0649. The quantitative estimate of drug-likeness (QED) is 0.607. The van der Waals surface area contributed by atoms with Crippen LogP contribution in [0.5, 0.6) is 0 Å². The Hall–Kier alpha value is -1.04. The maximum absolute atomic E-state index is 11.6. The average molecular weight is 178 g/mol. The number of hydrogen-bond acceptors (Lipinski definition) is 2. The van der Waals surface area contributed by atoms with E-state index in [9.17, 15) is 4.79 Å². The Morgan fingerprint density at radius 1 is 1.62 bits per heavy atom. The predicted molar refractivity (Wildman–Crippen MR) is 47.7 cm³/mol. The molecule has 0 aromatic heterocycles. The lowest BCUT2D eigenvalue weighted by molar-refractivity contribution is -0.135. The minimum Gasteiger partial charge on any atom is -0.336 e. The summed E-state index contributed by atoms with van der Waals surface area (Å²) in [5.41, 5.74) is 0.0860. The molecule has 0 radical (unpaired) electrons. The predicted octanol–water partition coefficient (Wildman–Crippen LogP) is 1.30. The first-order valence-corrected chi connectivity index (χ1v) is 4.86. The van der Waals surface area contributed by atoms with Crippen molar-refractivity contribution in [3.8, 4) is 6.07 Å². The molecular weight excluding hydrogens is 164 g/mol. The van der Waals surface area contributed by atoms with Crippen LogP contribution in [0.25, 0.3) is 0 Å². The van der Waals surface area contributed by atoms with Crippen LogP contribution in [-0.2, 0) is 4.79 Å². The molecule has 3 nitrogen and oxygen atoms in total. The van der Waals surface area contributed by atoms with Crippen molar-refractivity contribution in [3.63, 3.8) is 0 Å². The van der Waals surface area contributed by atoms with Gasteiger partial charge in [0, 0.05) is 18.5 Å². The summed E-state index contributed by atoms with van der Waals surface area (Å²) >= 11 is 0. The summed E-state index contributed by atoms with van der Waals surface area (Å²) in [6, 6.07) is 2.18. The van der Waals surface area contributed by atoms with Gasteiger partial charge in [-0.2, -0.15) is 5.26 Å². The summed E-state index contributed by atoms with van der Waals surface area (Å²) in [4.78, 5) is 13.5. The molecule has 0 aromatic rings. The molecular formula is C10H14N2O. The van der Waals surface area contributed by atoms with E-state index in [1.807, 2.05) is 4.90 Å². The summed E-state index contributed by atoms with van der Waals surface area (Å²) in [5.74, 6) is 0.110. The Balaban J connectivity index is 2.09. The summed E-state index contributed by atoms with van der Waals surface area (Å²) in [6.07, 6.45) is 3.87. The van der Waals surface area contributed by atoms with E-state index in [4.69, 9.17) is 5.26 Å². The van der Waals surface area contributed by atoms with Crippen molar-refractivity contribution in [1.29, 1.82) is 5.26 Å². The molecule has 1 aliphatic heterocycles. The fraction of sp³-hybridized carbons (Fsp3) is 0.800. The number of hydrogen-bond donors (Lipinski definition) is 0. The molecule has 13 heavy (non-hydrogen) atoms. The molecule has 2 aliphatic rings. The van der Waals surface area contributed by atoms with E-state index in [-0.39, 0.29) is 17.4 Å². The molecule has 1 unspecified atom stereocenters. The zero-order valence-electron chi connectivity index (χ0n) is 7.92. The molecule has 1 saturated carbocycles. The fourth-order valence-corrected chi connectivity index (χ4v) is 2.27. The van der Waals surface area contributed by atoms with Gasteiger partial charge in [0.25, 0.3) is 0 Å². The third-order valence-electron chi connectivity index (χ3n) is 3.39. The number of amides is 1. The van der Waals surface area contributed by atoms with Crippen LogP contribution in [0.4, 0.5) is 0 Å². The molecule has 1 aliphatic carbocycles. The van der Waals surface area contributed by atoms with E-state index in [1.54, 1.807) is 0 Å². The van der Waals surface area contributed by atoms with E-state index >= 15 is 0 Å². The lowest BCUT2D eigenvalue weighted by atomic mass is 9.77. The summed E-state index contributed by atoms with van der Waals surface area (Å²) in [6.45, 7) is 2.79. The number of carbonyl (C=O) groups is 1. The van der Waals surface area contributed by atoms with Gasteiger partial charge < -0.3 is 4.90 Å². The second kappa shape index (κ2) is 2.73.